The minimum atomic E-state index is -7.60. The fraction of sp³-hybridized carbons (Fsp3) is 0.294. The van der Waals surface area contributed by atoms with E-state index >= 15 is 39.5 Å². The second-order valence-corrected chi connectivity index (χ2v) is 32.5. The van der Waals surface area contributed by atoms with Gasteiger partial charge >= 0.3 is 274 Å². The summed E-state index contributed by atoms with van der Waals surface area (Å²) < 4.78 is 141. The zero-order valence-corrected chi connectivity index (χ0v) is 29.2. The van der Waals surface area contributed by atoms with Crippen LogP contribution < -0.4 is 7.02 Å². The topological polar surface area (TPSA) is 29.5 Å². The summed E-state index contributed by atoms with van der Waals surface area (Å²) in [5.74, 6) is 0. The van der Waals surface area contributed by atoms with Gasteiger partial charge in [-0.3, -0.25) is 0 Å². The number of hydrogen-bond acceptors (Lipinski definition) is 2. The normalized spacial score (nSPS) is 20.3. The molecule has 5 rings (SSSR count). The molecule has 0 unspecified atom stereocenters. The third kappa shape index (κ3) is 5.15. The van der Waals surface area contributed by atoms with E-state index in [4.69, 9.17) is 3.02 Å². The van der Waals surface area contributed by atoms with Gasteiger partial charge in [-0.25, -0.2) is 0 Å². The van der Waals surface area contributed by atoms with E-state index in [1.54, 1.807) is 0 Å². The number of rotatable bonds is 5. The molecule has 2 atom stereocenters. The summed E-state index contributed by atoms with van der Waals surface area (Å²) in [6.45, 7) is 5.44. The van der Waals surface area contributed by atoms with E-state index in [0.717, 1.165) is 42.5 Å². The van der Waals surface area contributed by atoms with Gasteiger partial charge in [0.05, 0.1) is 0 Å². The van der Waals surface area contributed by atoms with Crippen molar-refractivity contribution in [2.24, 2.45) is 0 Å². The first kappa shape index (κ1) is 35.8. The molecule has 0 bridgehead atoms. The Balaban J connectivity index is 2.09. The molecule has 1 aliphatic rings. The van der Waals surface area contributed by atoms with Crippen molar-refractivity contribution in [2.45, 2.75) is 59.8 Å². The van der Waals surface area contributed by atoms with Crippen molar-refractivity contribution < 1.29 is 47.6 Å². The molecular formula is C34H29BrF9O2Sb. The van der Waals surface area contributed by atoms with Crippen molar-refractivity contribution in [1.29, 1.82) is 0 Å². The van der Waals surface area contributed by atoms with Crippen LogP contribution in [0.4, 0.5) is 39.5 Å². The van der Waals surface area contributed by atoms with E-state index in [0.29, 0.717) is 11.6 Å². The van der Waals surface area contributed by atoms with Gasteiger partial charge in [0, 0.05) is 0 Å². The predicted octanol–water partition coefficient (Wildman–Crippen LogP) is 9.01. The number of fused-ring (bicyclic) bond motifs is 1. The van der Waals surface area contributed by atoms with Crippen LogP contribution >= 0.6 is 12.6 Å². The average molecular weight is 842 g/mol. The van der Waals surface area contributed by atoms with E-state index in [1.807, 2.05) is 20.8 Å². The maximum atomic E-state index is 15.8. The molecule has 0 radical (unpaired) electrons. The summed E-state index contributed by atoms with van der Waals surface area (Å²) in [7, 11) is 0. The molecule has 0 aromatic heterocycles. The zero-order chi connectivity index (χ0) is 34.9. The van der Waals surface area contributed by atoms with Gasteiger partial charge in [-0.15, -0.1) is 0 Å². The van der Waals surface area contributed by atoms with Gasteiger partial charge in [0.25, 0.3) is 0 Å². The molecule has 1 aliphatic heterocycles. The molecule has 4 aromatic rings. The molecule has 252 valence electrons. The first-order valence-electron chi connectivity index (χ1n) is 14.2. The molecule has 13 heteroatoms. The number of hydrogen-bond donors (Lipinski definition) is 1. The summed E-state index contributed by atoms with van der Waals surface area (Å²) in [6, 6.07) is 20.8. The second-order valence-electron chi connectivity index (χ2n) is 12.5. The quantitative estimate of drug-likeness (QED) is 0.161. The number of halogens is 10. The van der Waals surface area contributed by atoms with Gasteiger partial charge < -0.3 is 0 Å². The van der Waals surface area contributed by atoms with Crippen LogP contribution in [0.5, 0.6) is 0 Å². The minimum absolute atomic E-state index is 0.346. The molecule has 0 saturated heterocycles. The summed E-state index contributed by atoms with van der Waals surface area (Å²) in [4.78, 5) is 0. The van der Waals surface area contributed by atoms with Crippen LogP contribution in [-0.2, 0) is 19.6 Å². The predicted molar refractivity (Wildman–Crippen MR) is 166 cm³/mol. The van der Waals surface area contributed by atoms with Crippen molar-refractivity contribution in [3.8, 4) is 0 Å². The Hall–Kier alpha value is -2.53. The molecule has 1 N–H and O–H groups in total. The molecular weight excluding hydrogens is 813 g/mol. The van der Waals surface area contributed by atoms with Crippen LogP contribution in [0, 0.1) is 0 Å². The van der Waals surface area contributed by atoms with Crippen LogP contribution in [0.15, 0.2) is 109 Å². The molecule has 0 fully saturated rings. The Labute approximate surface area is 272 Å². The second kappa shape index (κ2) is 11.3. The van der Waals surface area contributed by atoms with Crippen molar-refractivity contribution >= 4 is 35.2 Å². The van der Waals surface area contributed by atoms with Crippen LogP contribution in [0.2, 0.25) is 0 Å². The van der Waals surface area contributed by atoms with Crippen molar-refractivity contribution in [3.05, 3.63) is 131 Å². The zero-order valence-electron chi connectivity index (χ0n) is 25.1. The average Bonchev–Trinajstić information content (AvgIpc) is 3.26. The molecule has 0 saturated carbocycles. The Kier molecular flexibility index (Phi) is 8.56. The molecule has 0 spiro atoms. The molecule has 0 amide bonds. The van der Waals surface area contributed by atoms with Gasteiger partial charge in [0.2, 0.25) is 0 Å². The van der Waals surface area contributed by atoms with Gasteiger partial charge in [0.15, 0.2) is 0 Å². The van der Waals surface area contributed by atoms with E-state index in [1.165, 1.54) is 60.7 Å². The van der Waals surface area contributed by atoms with E-state index in [9.17, 15) is 5.11 Å². The summed E-state index contributed by atoms with van der Waals surface area (Å²) >= 11 is -4.25. The monoisotopic (exact) mass is 840 g/mol. The Morgan fingerprint density at radius 3 is 1.57 bits per heavy atom. The third-order valence-corrected chi connectivity index (χ3v) is 31.3. The van der Waals surface area contributed by atoms with E-state index in [-0.39, 0.29) is 9.07 Å². The fourth-order valence-electron chi connectivity index (χ4n) is 6.49. The number of alkyl halides is 9. The van der Waals surface area contributed by atoms with Crippen molar-refractivity contribution in [1.82, 2.24) is 0 Å². The van der Waals surface area contributed by atoms with Gasteiger partial charge in [-0.2, -0.15) is 0 Å². The molecule has 47 heavy (non-hydrogen) atoms. The summed E-state index contributed by atoms with van der Waals surface area (Å²) in [5.41, 5.74) is -11.7. The van der Waals surface area contributed by atoms with Crippen LogP contribution in [-0.4, -0.2) is 39.2 Å². The maximum absolute atomic E-state index is 15.8. The van der Waals surface area contributed by atoms with E-state index in [2.05, 4.69) is 12.6 Å². The Bertz CT molecular complexity index is 1740. The first-order chi connectivity index (χ1) is 21.5. The molecule has 0 aliphatic carbocycles. The van der Waals surface area contributed by atoms with Crippen molar-refractivity contribution in [3.63, 3.8) is 0 Å². The van der Waals surface area contributed by atoms with E-state index < -0.39 is 69.2 Å². The Morgan fingerprint density at radius 1 is 0.638 bits per heavy atom. The van der Waals surface area contributed by atoms with Gasteiger partial charge in [-0.1, -0.05) is 0 Å². The number of benzene rings is 4. The Morgan fingerprint density at radius 2 is 1.11 bits per heavy atom. The number of aliphatic hydroxyl groups is 1. The molecule has 2 nitrogen and oxygen atoms in total. The van der Waals surface area contributed by atoms with Gasteiger partial charge in [-0.05, 0) is 0 Å². The van der Waals surface area contributed by atoms with Crippen LogP contribution in [0.3, 0.4) is 0 Å². The van der Waals surface area contributed by atoms with Crippen LogP contribution in [0.25, 0.3) is 0 Å². The first-order valence-corrected chi connectivity index (χ1v) is 25.0. The molecule has 1 heterocycles. The van der Waals surface area contributed by atoms with Crippen molar-refractivity contribution in [2.75, 3.05) is 0 Å². The molecule has 4 aromatic carbocycles. The summed E-state index contributed by atoms with van der Waals surface area (Å²) in [5, 5.41) is 12.3. The summed E-state index contributed by atoms with van der Waals surface area (Å²) in [6.07, 6.45) is -18.1. The standard InChI is InChI=1S/C15H12F3O.C10H13.C9H4F6O.BrH.Sb/c16-15(17,18)14(19,13-9-5-2-6-10-13)11-12-7-3-1-4-8-12;1-10(2,3)9-7-5-4-6-8-9;10-8(11,12)7(16,9(13,14)15)6-4-2-1-3-5-6;;/h1-11,19H;5-8H,1-3H3;1-4H;1H;/q;;-1;;+2/p-1/t14-;;;;/m0..../s1. The fourth-order valence-corrected chi connectivity index (χ4v) is 30.7. The van der Waals surface area contributed by atoms with Crippen LogP contribution in [0.1, 0.15) is 46.9 Å². The SMILES string of the molecule is CC(C)(C)c1cc[c]([Sb]2([Br])([C@@H](c3ccccc3)[C@](O)(c3ccccc3)C(F)(F)F)[O]C(C(F)(F)F)(C(F)(F)F)c3cccc[c]32)cc1. The van der Waals surface area contributed by atoms with Gasteiger partial charge in [0.1, 0.15) is 0 Å². The third-order valence-electron chi connectivity index (χ3n) is 8.68.